The first-order chi connectivity index (χ1) is 12.7. The van der Waals surface area contributed by atoms with Gasteiger partial charge in [0.05, 0.1) is 12.6 Å². The second-order valence-corrected chi connectivity index (χ2v) is 6.34. The number of ether oxygens (including phenoxy) is 1. The summed E-state index contributed by atoms with van der Waals surface area (Å²) in [7, 11) is 0. The molecule has 0 fully saturated rings. The number of carbonyl (C=O) groups is 1. The molecule has 0 aromatic heterocycles. The average molecular weight is 345 g/mol. The van der Waals surface area contributed by atoms with Crippen LogP contribution in [0.4, 0.5) is 4.79 Å². The molecule has 3 aromatic rings. The highest BCUT2D eigenvalue weighted by Crippen LogP contribution is 2.36. The zero-order chi connectivity index (χ0) is 17.9. The fourth-order valence-corrected chi connectivity index (χ4v) is 3.38. The van der Waals surface area contributed by atoms with Gasteiger partial charge in [-0.15, -0.1) is 0 Å². The van der Waals surface area contributed by atoms with Gasteiger partial charge >= 0.3 is 6.09 Å². The minimum Gasteiger partial charge on any atom is -0.493 e. The smallest absolute Gasteiger partial charge is 0.405 e. The third kappa shape index (κ3) is 3.26. The van der Waals surface area contributed by atoms with Crippen LogP contribution in [-0.2, 0) is 0 Å². The molecular formula is C22H19NO3. The van der Waals surface area contributed by atoms with Gasteiger partial charge in [-0.2, -0.15) is 0 Å². The van der Waals surface area contributed by atoms with Crippen LogP contribution in [0.15, 0.2) is 72.8 Å². The fourth-order valence-electron chi connectivity index (χ4n) is 3.38. The number of rotatable bonds is 3. The molecule has 26 heavy (non-hydrogen) atoms. The SMILES string of the molecule is O=C(O)NC1CCOc2cc(-c3cccc(-c4ccccc4)c3)ccc21. The van der Waals surface area contributed by atoms with Crippen molar-refractivity contribution in [1.82, 2.24) is 5.32 Å². The Morgan fingerprint density at radius 2 is 1.58 bits per heavy atom. The van der Waals surface area contributed by atoms with Gasteiger partial charge in [-0.3, -0.25) is 0 Å². The lowest BCUT2D eigenvalue weighted by Crippen LogP contribution is -2.30. The Balaban J connectivity index is 1.68. The summed E-state index contributed by atoms with van der Waals surface area (Å²) in [4.78, 5) is 11.0. The molecular weight excluding hydrogens is 326 g/mol. The number of amides is 1. The van der Waals surface area contributed by atoms with Crippen LogP contribution in [0.3, 0.4) is 0 Å². The number of nitrogens with one attached hydrogen (secondary N) is 1. The summed E-state index contributed by atoms with van der Waals surface area (Å²) in [6.07, 6.45) is -0.371. The van der Waals surface area contributed by atoms with E-state index in [0.717, 1.165) is 28.0 Å². The maximum Gasteiger partial charge on any atom is 0.405 e. The number of fused-ring (bicyclic) bond motifs is 1. The molecule has 0 saturated heterocycles. The summed E-state index contributed by atoms with van der Waals surface area (Å²) in [6, 6.07) is 24.4. The van der Waals surface area contributed by atoms with Crippen molar-refractivity contribution in [3.05, 3.63) is 78.4 Å². The van der Waals surface area contributed by atoms with E-state index in [1.165, 1.54) is 5.56 Å². The van der Waals surface area contributed by atoms with Crippen molar-refractivity contribution >= 4 is 6.09 Å². The first-order valence-electron chi connectivity index (χ1n) is 8.63. The van der Waals surface area contributed by atoms with Crippen LogP contribution in [0.1, 0.15) is 18.0 Å². The third-order valence-corrected chi connectivity index (χ3v) is 4.65. The predicted octanol–water partition coefficient (Wildman–Crippen LogP) is 5.11. The van der Waals surface area contributed by atoms with Gasteiger partial charge in [0, 0.05) is 12.0 Å². The normalized spacial score (nSPS) is 15.6. The van der Waals surface area contributed by atoms with E-state index in [1.54, 1.807) is 0 Å². The lowest BCUT2D eigenvalue weighted by molar-refractivity contribution is 0.182. The van der Waals surface area contributed by atoms with E-state index in [-0.39, 0.29) is 6.04 Å². The molecule has 4 nitrogen and oxygen atoms in total. The van der Waals surface area contributed by atoms with Gasteiger partial charge in [0.2, 0.25) is 0 Å². The Kier molecular flexibility index (Phi) is 4.32. The molecule has 1 unspecified atom stereocenters. The second kappa shape index (κ2) is 6.92. The molecule has 1 atom stereocenters. The molecule has 0 radical (unpaired) electrons. The summed E-state index contributed by atoms with van der Waals surface area (Å²) in [5.74, 6) is 0.748. The van der Waals surface area contributed by atoms with Gasteiger partial charge in [0.25, 0.3) is 0 Å². The average Bonchev–Trinajstić information content (AvgIpc) is 2.68. The summed E-state index contributed by atoms with van der Waals surface area (Å²) >= 11 is 0. The summed E-state index contributed by atoms with van der Waals surface area (Å²) in [6.45, 7) is 0.505. The zero-order valence-corrected chi connectivity index (χ0v) is 14.2. The van der Waals surface area contributed by atoms with E-state index < -0.39 is 6.09 Å². The van der Waals surface area contributed by atoms with Gasteiger partial charge in [-0.05, 0) is 34.4 Å². The van der Waals surface area contributed by atoms with E-state index in [9.17, 15) is 4.79 Å². The molecule has 0 saturated carbocycles. The lowest BCUT2D eigenvalue weighted by atomic mass is 9.95. The second-order valence-electron chi connectivity index (χ2n) is 6.34. The number of hydrogen-bond acceptors (Lipinski definition) is 2. The summed E-state index contributed by atoms with van der Waals surface area (Å²) < 4.78 is 5.78. The van der Waals surface area contributed by atoms with Gasteiger partial charge in [0.15, 0.2) is 0 Å². The molecule has 0 aliphatic carbocycles. The predicted molar refractivity (Wildman–Crippen MR) is 101 cm³/mol. The first-order valence-corrected chi connectivity index (χ1v) is 8.63. The van der Waals surface area contributed by atoms with Crippen molar-refractivity contribution < 1.29 is 14.6 Å². The molecule has 1 aliphatic rings. The first kappa shape index (κ1) is 16.2. The highest BCUT2D eigenvalue weighted by Gasteiger charge is 2.23. The molecule has 130 valence electrons. The van der Waals surface area contributed by atoms with Gasteiger partial charge in [0.1, 0.15) is 5.75 Å². The van der Waals surface area contributed by atoms with Gasteiger partial charge in [-0.25, -0.2) is 4.79 Å². The van der Waals surface area contributed by atoms with E-state index in [0.29, 0.717) is 13.0 Å². The van der Waals surface area contributed by atoms with Crippen LogP contribution >= 0.6 is 0 Å². The highest BCUT2D eigenvalue weighted by molar-refractivity contribution is 5.74. The van der Waals surface area contributed by atoms with Crippen LogP contribution in [0, 0.1) is 0 Å². The molecule has 1 amide bonds. The topological polar surface area (TPSA) is 58.6 Å². The minimum absolute atomic E-state index is 0.221. The number of carboxylic acid groups (broad SMARTS) is 1. The maximum absolute atomic E-state index is 11.0. The van der Waals surface area contributed by atoms with Crippen LogP contribution < -0.4 is 10.1 Å². The highest BCUT2D eigenvalue weighted by atomic mass is 16.5. The molecule has 1 heterocycles. The largest absolute Gasteiger partial charge is 0.493 e. The standard InChI is InChI=1S/C22H19NO3/c24-22(25)23-20-11-12-26-21-14-18(9-10-19(20)21)17-8-4-7-16(13-17)15-5-2-1-3-6-15/h1-10,13-14,20,23H,11-12H2,(H,24,25). The van der Waals surface area contributed by atoms with Crippen molar-refractivity contribution in [2.24, 2.45) is 0 Å². The van der Waals surface area contributed by atoms with Gasteiger partial charge in [-0.1, -0.05) is 60.7 Å². The van der Waals surface area contributed by atoms with E-state index >= 15 is 0 Å². The molecule has 0 spiro atoms. The van der Waals surface area contributed by atoms with Crippen molar-refractivity contribution in [2.45, 2.75) is 12.5 Å². The van der Waals surface area contributed by atoms with Gasteiger partial charge < -0.3 is 15.2 Å². The Bertz CT molecular complexity index is 937. The fraction of sp³-hybridized carbons (Fsp3) is 0.136. The quantitative estimate of drug-likeness (QED) is 0.693. The van der Waals surface area contributed by atoms with E-state index in [1.807, 2.05) is 42.5 Å². The van der Waals surface area contributed by atoms with Crippen molar-refractivity contribution in [2.75, 3.05) is 6.61 Å². The molecule has 2 N–H and O–H groups in total. The molecule has 4 rings (SSSR count). The Hall–Kier alpha value is -3.27. The summed E-state index contributed by atoms with van der Waals surface area (Å²) in [5, 5.41) is 11.6. The maximum atomic E-state index is 11.0. The summed E-state index contributed by atoms with van der Waals surface area (Å²) in [5.41, 5.74) is 5.38. The van der Waals surface area contributed by atoms with Crippen molar-refractivity contribution in [3.63, 3.8) is 0 Å². The Morgan fingerprint density at radius 1 is 0.885 bits per heavy atom. The van der Waals surface area contributed by atoms with Crippen LogP contribution in [0.25, 0.3) is 22.3 Å². The van der Waals surface area contributed by atoms with Crippen LogP contribution in [-0.4, -0.2) is 17.8 Å². The molecule has 3 aromatic carbocycles. The van der Waals surface area contributed by atoms with E-state index in [4.69, 9.17) is 9.84 Å². The lowest BCUT2D eigenvalue weighted by Gasteiger charge is -2.26. The minimum atomic E-state index is -1.01. The van der Waals surface area contributed by atoms with Crippen LogP contribution in [0.2, 0.25) is 0 Å². The molecule has 0 bridgehead atoms. The van der Waals surface area contributed by atoms with E-state index in [2.05, 4.69) is 35.6 Å². The van der Waals surface area contributed by atoms with Crippen molar-refractivity contribution in [3.8, 4) is 28.0 Å². The third-order valence-electron chi connectivity index (χ3n) is 4.65. The molecule has 1 aliphatic heterocycles. The Morgan fingerprint density at radius 3 is 2.35 bits per heavy atom. The molecule has 4 heteroatoms. The zero-order valence-electron chi connectivity index (χ0n) is 14.2. The van der Waals surface area contributed by atoms with Crippen molar-refractivity contribution in [1.29, 1.82) is 0 Å². The number of benzene rings is 3. The Labute approximate surface area is 152 Å². The monoisotopic (exact) mass is 345 g/mol. The van der Waals surface area contributed by atoms with Crippen LogP contribution in [0.5, 0.6) is 5.75 Å². The number of hydrogen-bond donors (Lipinski definition) is 2.